The number of benzene rings is 1. The fourth-order valence-corrected chi connectivity index (χ4v) is 2.37. The summed E-state index contributed by atoms with van der Waals surface area (Å²) in [6.45, 7) is 6.65. The number of carbonyl (C=O) groups excluding carboxylic acids is 2. The van der Waals surface area contributed by atoms with E-state index in [0.29, 0.717) is 36.4 Å². The van der Waals surface area contributed by atoms with E-state index in [0.717, 1.165) is 17.4 Å². The van der Waals surface area contributed by atoms with E-state index in [2.05, 4.69) is 10.6 Å². The van der Waals surface area contributed by atoms with Crippen LogP contribution in [0.4, 0.5) is 4.79 Å². The van der Waals surface area contributed by atoms with E-state index in [1.54, 1.807) is 18.3 Å². The van der Waals surface area contributed by atoms with Gasteiger partial charge in [-0.05, 0) is 57.0 Å². The van der Waals surface area contributed by atoms with E-state index in [9.17, 15) is 9.59 Å². The van der Waals surface area contributed by atoms with Crippen molar-refractivity contribution in [2.24, 2.45) is 5.73 Å². The van der Waals surface area contributed by atoms with Gasteiger partial charge in [0.05, 0.1) is 0 Å². The molecule has 2 aromatic rings. The van der Waals surface area contributed by atoms with Gasteiger partial charge >= 0.3 is 6.09 Å². The second kappa shape index (κ2) is 9.64. The molecule has 0 aliphatic rings. The molecule has 0 spiro atoms. The normalized spacial score (nSPS) is 12.3. The molecule has 2 rings (SSSR count). The molecule has 1 aromatic heterocycles. The molecule has 0 saturated carbocycles. The van der Waals surface area contributed by atoms with Crippen molar-refractivity contribution >= 4 is 29.4 Å². The van der Waals surface area contributed by atoms with Gasteiger partial charge in [-0.25, -0.2) is 4.79 Å². The zero-order chi connectivity index (χ0) is 20.6. The number of fused-ring (bicyclic) bond motifs is 1. The second-order valence-electron chi connectivity index (χ2n) is 7.28. The van der Waals surface area contributed by atoms with E-state index in [4.69, 9.17) is 14.9 Å². The molecule has 0 bridgehead atoms. The Kier molecular flexibility index (Phi) is 7.26. The zero-order valence-electron chi connectivity index (χ0n) is 16.5. The van der Waals surface area contributed by atoms with Crippen LogP contribution in [-0.2, 0) is 4.74 Å². The lowest BCUT2D eigenvalue weighted by Crippen LogP contribution is -2.33. The third-order valence-corrected chi connectivity index (χ3v) is 3.58. The number of furan rings is 1. The van der Waals surface area contributed by atoms with Crippen molar-refractivity contribution in [1.29, 1.82) is 0 Å². The topological polar surface area (TPSA) is 107 Å². The maximum atomic E-state index is 11.5. The summed E-state index contributed by atoms with van der Waals surface area (Å²) in [7, 11) is 0. The number of nitrogens with two attached hydrogens (primary N) is 1. The lowest BCUT2D eigenvalue weighted by atomic mass is 10.1. The van der Waals surface area contributed by atoms with Crippen LogP contribution in [0.15, 0.2) is 46.7 Å². The van der Waals surface area contributed by atoms with E-state index in [1.165, 1.54) is 0 Å². The van der Waals surface area contributed by atoms with Crippen LogP contribution >= 0.6 is 0 Å². The largest absolute Gasteiger partial charge is 0.453 e. The molecule has 1 heterocycles. The van der Waals surface area contributed by atoms with Gasteiger partial charge in [0.25, 0.3) is 0 Å². The van der Waals surface area contributed by atoms with Crippen LogP contribution in [-0.4, -0.2) is 31.1 Å². The molecule has 7 heteroatoms. The standard InChI is InChI=1S/C21H27N3O4/c1-21(2,3)28-20(26)24-10-4-9-23-13-17(22)7-5-15-6-8-19-16(11-15)12-18(14-25)27-19/h5-8,11-14,23H,4,9-10,22H2,1-3H3,(H,24,26)/b7-5+,17-13+. The maximum absolute atomic E-state index is 11.5. The number of hydrogen-bond donors (Lipinski definition) is 3. The highest BCUT2D eigenvalue weighted by molar-refractivity contribution is 5.86. The molecule has 0 atom stereocenters. The van der Waals surface area contributed by atoms with Crippen LogP contribution in [0, 0.1) is 0 Å². The third-order valence-electron chi connectivity index (χ3n) is 3.58. The van der Waals surface area contributed by atoms with Gasteiger partial charge in [0.2, 0.25) is 0 Å². The number of amides is 1. The van der Waals surface area contributed by atoms with Crippen molar-refractivity contribution in [2.75, 3.05) is 13.1 Å². The maximum Gasteiger partial charge on any atom is 0.407 e. The molecule has 0 aliphatic heterocycles. The SMILES string of the molecule is CC(C)(C)OC(=O)NCCCN/C=C(N)\C=C\c1ccc2oc(C=O)cc2c1. The van der Waals surface area contributed by atoms with Crippen LogP contribution < -0.4 is 16.4 Å². The summed E-state index contributed by atoms with van der Waals surface area (Å²) in [4.78, 5) is 22.3. The average molecular weight is 385 g/mol. The van der Waals surface area contributed by atoms with E-state index < -0.39 is 11.7 Å². The summed E-state index contributed by atoms with van der Waals surface area (Å²) in [6.07, 6.45) is 6.39. The van der Waals surface area contributed by atoms with Crippen molar-refractivity contribution < 1.29 is 18.7 Å². The highest BCUT2D eigenvalue weighted by Gasteiger charge is 2.15. The first kappa shape index (κ1) is 21.1. The van der Waals surface area contributed by atoms with Crippen LogP contribution in [0.3, 0.4) is 0 Å². The quantitative estimate of drug-likeness (QED) is 0.364. The summed E-state index contributed by atoms with van der Waals surface area (Å²) in [5.41, 5.74) is 7.64. The number of ether oxygens (including phenoxy) is 1. The molecule has 7 nitrogen and oxygen atoms in total. The van der Waals surface area contributed by atoms with Gasteiger partial charge in [-0.3, -0.25) is 4.79 Å². The van der Waals surface area contributed by atoms with Crippen LogP contribution in [0.1, 0.15) is 43.3 Å². The first-order valence-corrected chi connectivity index (χ1v) is 9.09. The van der Waals surface area contributed by atoms with Gasteiger partial charge in [-0.1, -0.05) is 12.1 Å². The lowest BCUT2D eigenvalue weighted by Gasteiger charge is -2.19. The highest BCUT2D eigenvalue weighted by atomic mass is 16.6. The number of carbonyl (C=O) groups is 2. The Bertz CT molecular complexity index is 875. The van der Waals surface area contributed by atoms with Gasteiger partial charge in [-0.2, -0.15) is 0 Å². The Morgan fingerprint density at radius 2 is 2.04 bits per heavy atom. The predicted octanol–water partition coefficient (Wildman–Crippen LogP) is 3.56. The van der Waals surface area contributed by atoms with Crippen molar-refractivity contribution in [3.63, 3.8) is 0 Å². The van der Waals surface area contributed by atoms with Crippen molar-refractivity contribution in [1.82, 2.24) is 10.6 Å². The van der Waals surface area contributed by atoms with Crippen LogP contribution in [0.25, 0.3) is 17.0 Å². The van der Waals surface area contributed by atoms with E-state index in [1.807, 2.05) is 45.0 Å². The number of hydrogen-bond acceptors (Lipinski definition) is 6. The van der Waals surface area contributed by atoms with Gasteiger partial charge in [0, 0.05) is 30.4 Å². The van der Waals surface area contributed by atoms with Crippen molar-refractivity contribution in [3.05, 3.63) is 53.6 Å². The smallest absolute Gasteiger partial charge is 0.407 e. The first-order chi connectivity index (χ1) is 13.3. The van der Waals surface area contributed by atoms with Gasteiger partial charge in [-0.15, -0.1) is 0 Å². The fraction of sp³-hybridized carbons (Fsp3) is 0.333. The Balaban J connectivity index is 1.73. The first-order valence-electron chi connectivity index (χ1n) is 9.09. The molecule has 0 radical (unpaired) electrons. The number of nitrogens with one attached hydrogen (secondary N) is 2. The number of alkyl carbamates (subject to hydrolysis) is 1. The van der Waals surface area contributed by atoms with Crippen LogP contribution in [0.5, 0.6) is 0 Å². The Hall–Kier alpha value is -3.22. The van der Waals surface area contributed by atoms with Crippen LogP contribution in [0.2, 0.25) is 0 Å². The minimum absolute atomic E-state index is 0.306. The molecule has 1 amide bonds. The van der Waals surface area contributed by atoms with Gasteiger partial charge in [0.1, 0.15) is 11.2 Å². The molecule has 0 fully saturated rings. The Labute approximate surface area is 164 Å². The van der Waals surface area contributed by atoms with Gasteiger partial charge < -0.3 is 25.5 Å². The molecule has 4 N–H and O–H groups in total. The minimum Gasteiger partial charge on any atom is -0.453 e. The molecule has 1 aromatic carbocycles. The van der Waals surface area contributed by atoms with E-state index in [-0.39, 0.29) is 0 Å². The predicted molar refractivity (Wildman–Crippen MR) is 110 cm³/mol. The monoisotopic (exact) mass is 385 g/mol. The second-order valence-corrected chi connectivity index (χ2v) is 7.28. The third kappa shape index (κ3) is 7.19. The Morgan fingerprint density at radius 1 is 1.25 bits per heavy atom. The average Bonchev–Trinajstić information content (AvgIpc) is 3.03. The minimum atomic E-state index is -0.495. The molecule has 0 aliphatic carbocycles. The fourth-order valence-electron chi connectivity index (χ4n) is 2.37. The molecule has 0 unspecified atom stereocenters. The summed E-state index contributed by atoms with van der Waals surface area (Å²) in [5.74, 6) is 0.306. The molecule has 28 heavy (non-hydrogen) atoms. The highest BCUT2D eigenvalue weighted by Crippen LogP contribution is 2.20. The lowest BCUT2D eigenvalue weighted by molar-refractivity contribution is 0.0527. The summed E-state index contributed by atoms with van der Waals surface area (Å²) in [5, 5.41) is 6.66. The number of allylic oxidation sites excluding steroid dienone is 1. The summed E-state index contributed by atoms with van der Waals surface area (Å²) < 4.78 is 10.5. The molecular weight excluding hydrogens is 358 g/mol. The number of rotatable bonds is 8. The zero-order valence-corrected chi connectivity index (χ0v) is 16.5. The molecule has 150 valence electrons. The Morgan fingerprint density at radius 3 is 2.75 bits per heavy atom. The van der Waals surface area contributed by atoms with Crippen molar-refractivity contribution in [2.45, 2.75) is 32.8 Å². The van der Waals surface area contributed by atoms with Gasteiger partial charge in [0.15, 0.2) is 12.0 Å². The molecular formula is C21H27N3O4. The number of aldehydes is 1. The summed E-state index contributed by atoms with van der Waals surface area (Å²) in [6, 6.07) is 7.33. The van der Waals surface area contributed by atoms with E-state index >= 15 is 0 Å². The summed E-state index contributed by atoms with van der Waals surface area (Å²) >= 11 is 0. The molecule has 0 saturated heterocycles. The van der Waals surface area contributed by atoms with Crippen molar-refractivity contribution in [3.8, 4) is 0 Å².